The molecule has 0 atom stereocenters. The van der Waals surface area contributed by atoms with Crippen LogP contribution < -0.4 is 0 Å². The lowest BCUT2D eigenvalue weighted by Crippen LogP contribution is -2.48. The van der Waals surface area contributed by atoms with Crippen LogP contribution in [0.15, 0.2) is 21.9 Å². The van der Waals surface area contributed by atoms with Gasteiger partial charge in [0.1, 0.15) is 5.76 Å². The number of likely N-dealkylation sites (tertiary alicyclic amines) is 1. The molecular formula is C19H25N3O4S. The monoisotopic (exact) mass is 391 g/mol. The number of aryl methyl sites for hydroxylation is 1. The number of aromatic nitrogens is 1. The van der Waals surface area contributed by atoms with Gasteiger partial charge in [0.2, 0.25) is 5.91 Å². The molecule has 2 aromatic rings. The molecule has 27 heavy (non-hydrogen) atoms. The number of hydrogen-bond acceptors (Lipinski definition) is 6. The van der Waals surface area contributed by atoms with Gasteiger partial charge < -0.3 is 14.4 Å². The molecule has 0 spiro atoms. The number of carbonyl (C=O) groups is 2. The summed E-state index contributed by atoms with van der Waals surface area (Å²) in [5, 5.41) is 11.7. The van der Waals surface area contributed by atoms with Crippen molar-refractivity contribution in [2.24, 2.45) is 0 Å². The number of carbonyl (C=O) groups excluding carboxylic acids is 1. The number of nitrogens with zero attached hydrogens (tertiary/aromatic N) is 3. The van der Waals surface area contributed by atoms with Crippen molar-refractivity contribution >= 4 is 23.2 Å². The Morgan fingerprint density at radius 2 is 2.11 bits per heavy atom. The van der Waals surface area contributed by atoms with Crippen molar-refractivity contribution in [1.29, 1.82) is 0 Å². The third kappa shape index (κ3) is 4.95. The van der Waals surface area contributed by atoms with Crippen molar-refractivity contribution < 1.29 is 19.1 Å². The Kier molecular flexibility index (Phi) is 6.28. The van der Waals surface area contributed by atoms with E-state index in [2.05, 4.69) is 4.98 Å². The molecule has 7 nitrogen and oxygen atoms in total. The summed E-state index contributed by atoms with van der Waals surface area (Å²) in [5.41, 5.74) is 0.761. The minimum absolute atomic E-state index is 0.0585. The number of rotatable bonds is 7. The summed E-state index contributed by atoms with van der Waals surface area (Å²) < 4.78 is 5.58. The van der Waals surface area contributed by atoms with E-state index in [0.29, 0.717) is 19.6 Å². The first-order valence-corrected chi connectivity index (χ1v) is 10.1. The fourth-order valence-electron chi connectivity index (χ4n) is 3.47. The van der Waals surface area contributed by atoms with Crippen LogP contribution >= 0.6 is 11.3 Å². The fraction of sp³-hybridized carbons (Fsp3) is 0.526. The number of aliphatic carboxylic acids is 1. The average Bonchev–Trinajstić information content (AvgIpc) is 3.28. The zero-order valence-electron chi connectivity index (χ0n) is 15.7. The fourth-order valence-corrected chi connectivity index (χ4v) is 4.25. The van der Waals surface area contributed by atoms with E-state index in [1.807, 2.05) is 41.2 Å². The molecule has 0 aromatic carbocycles. The number of thiazole rings is 1. The molecule has 0 unspecified atom stereocenters. The topological polar surface area (TPSA) is 86.9 Å². The van der Waals surface area contributed by atoms with E-state index in [0.717, 1.165) is 35.1 Å². The predicted octanol–water partition coefficient (Wildman–Crippen LogP) is 2.65. The van der Waals surface area contributed by atoms with Gasteiger partial charge >= 0.3 is 5.97 Å². The van der Waals surface area contributed by atoms with Gasteiger partial charge in [0.15, 0.2) is 10.8 Å². The zero-order chi connectivity index (χ0) is 19.4. The predicted molar refractivity (Wildman–Crippen MR) is 103 cm³/mol. The minimum Gasteiger partial charge on any atom is -0.480 e. The number of hydrogen-bond donors (Lipinski definition) is 1. The highest BCUT2D eigenvalue weighted by atomic mass is 32.1. The number of carboxylic acid groups (broad SMARTS) is 1. The summed E-state index contributed by atoms with van der Waals surface area (Å²) in [4.78, 5) is 31.9. The Balaban J connectivity index is 1.52. The second-order valence-electron chi connectivity index (χ2n) is 6.80. The third-order valence-corrected chi connectivity index (χ3v) is 5.82. The minimum atomic E-state index is -0.804. The van der Waals surface area contributed by atoms with Crippen molar-refractivity contribution in [1.82, 2.24) is 14.8 Å². The molecule has 0 saturated carbocycles. The van der Waals surface area contributed by atoms with Crippen LogP contribution in [0.2, 0.25) is 0 Å². The number of furan rings is 1. The first kappa shape index (κ1) is 19.6. The van der Waals surface area contributed by atoms with Gasteiger partial charge in [-0.25, -0.2) is 4.98 Å². The molecule has 0 aliphatic carbocycles. The maximum atomic E-state index is 12.6. The molecule has 146 valence electrons. The van der Waals surface area contributed by atoms with Gasteiger partial charge in [0, 0.05) is 24.5 Å². The summed E-state index contributed by atoms with van der Waals surface area (Å²) in [6.45, 7) is 5.95. The lowest BCUT2D eigenvalue weighted by Gasteiger charge is -2.37. The van der Waals surface area contributed by atoms with Crippen molar-refractivity contribution in [3.05, 3.63) is 29.0 Å². The van der Waals surface area contributed by atoms with E-state index in [1.54, 1.807) is 0 Å². The molecule has 3 rings (SSSR count). The molecule has 1 fully saturated rings. The van der Waals surface area contributed by atoms with Gasteiger partial charge in [0.05, 0.1) is 18.7 Å². The lowest BCUT2D eigenvalue weighted by atomic mass is 10.0. The van der Waals surface area contributed by atoms with Gasteiger partial charge in [0.25, 0.3) is 0 Å². The molecule has 8 heteroatoms. The van der Waals surface area contributed by atoms with Gasteiger partial charge in [-0.15, -0.1) is 11.3 Å². The Morgan fingerprint density at radius 1 is 1.37 bits per heavy atom. The van der Waals surface area contributed by atoms with E-state index in [-0.39, 0.29) is 24.9 Å². The molecular weight excluding hydrogens is 366 g/mol. The van der Waals surface area contributed by atoms with Crippen molar-refractivity contribution in [2.75, 3.05) is 26.2 Å². The standard InChI is InChI=1S/C19H25N3O4S/c1-3-21(11-18(24)25)15-6-8-22(9-7-15)17(23)10-14-12-27-19(20-14)16-5-4-13(2)26-16/h4-5,12,15H,3,6-11H2,1-2H3,(H,24,25). The Bertz CT molecular complexity index is 792. The van der Waals surface area contributed by atoms with Crippen molar-refractivity contribution in [3.63, 3.8) is 0 Å². The maximum Gasteiger partial charge on any atom is 0.317 e. The molecule has 1 aliphatic heterocycles. The summed E-state index contributed by atoms with van der Waals surface area (Å²) in [6, 6.07) is 4.01. The second-order valence-corrected chi connectivity index (χ2v) is 7.66. The second kappa shape index (κ2) is 8.67. The first-order valence-electron chi connectivity index (χ1n) is 9.21. The molecule has 2 aromatic heterocycles. The van der Waals surface area contributed by atoms with Crippen molar-refractivity contribution in [3.8, 4) is 10.8 Å². The van der Waals surface area contributed by atoms with Crippen LogP contribution in [0.25, 0.3) is 10.8 Å². The van der Waals surface area contributed by atoms with Crippen LogP contribution in [0.3, 0.4) is 0 Å². The number of carboxylic acids is 1. The lowest BCUT2D eigenvalue weighted by molar-refractivity contribution is -0.140. The Hall–Kier alpha value is -2.19. The molecule has 3 heterocycles. The Labute approximate surface area is 162 Å². The highest BCUT2D eigenvalue weighted by Crippen LogP contribution is 2.26. The first-order chi connectivity index (χ1) is 13.0. The van der Waals surface area contributed by atoms with E-state index in [9.17, 15) is 9.59 Å². The van der Waals surface area contributed by atoms with Crippen molar-refractivity contribution in [2.45, 2.75) is 39.2 Å². The molecule has 1 amide bonds. The van der Waals surface area contributed by atoms with Gasteiger partial charge in [-0.1, -0.05) is 6.92 Å². The molecule has 0 bridgehead atoms. The van der Waals surface area contributed by atoms with E-state index in [1.165, 1.54) is 11.3 Å². The van der Waals surface area contributed by atoms with Crippen LogP contribution in [0.5, 0.6) is 0 Å². The number of likely N-dealkylation sites (N-methyl/N-ethyl adjacent to an activating group) is 1. The summed E-state index contributed by atoms with van der Waals surface area (Å²) >= 11 is 1.48. The van der Waals surface area contributed by atoms with Crippen LogP contribution in [-0.4, -0.2) is 64.0 Å². The van der Waals surface area contributed by atoms with Gasteiger partial charge in [-0.3, -0.25) is 14.5 Å². The van der Waals surface area contributed by atoms with E-state index in [4.69, 9.17) is 9.52 Å². The smallest absolute Gasteiger partial charge is 0.317 e. The zero-order valence-corrected chi connectivity index (χ0v) is 16.5. The van der Waals surface area contributed by atoms with Crippen LogP contribution in [0.4, 0.5) is 0 Å². The van der Waals surface area contributed by atoms with Crippen LogP contribution in [0.1, 0.15) is 31.2 Å². The highest BCUT2D eigenvalue weighted by molar-refractivity contribution is 7.13. The quantitative estimate of drug-likeness (QED) is 0.781. The molecule has 0 radical (unpaired) electrons. The SMILES string of the molecule is CCN(CC(=O)O)C1CCN(C(=O)Cc2csc(-c3ccc(C)o3)n2)CC1. The Morgan fingerprint density at radius 3 is 2.70 bits per heavy atom. The highest BCUT2D eigenvalue weighted by Gasteiger charge is 2.27. The third-order valence-electron chi connectivity index (χ3n) is 4.91. The van der Waals surface area contributed by atoms with Gasteiger partial charge in [-0.05, 0) is 38.4 Å². The van der Waals surface area contributed by atoms with Gasteiger partial charge in [-0.2, -0.15) is 0 Å². The van der Waals surface area contributed by atoms with Crippen LogP contribution in [0, 0.1) is 6.92 Å². The average molecular weight is 391 g/mol. The summed E-state index contributed by atoms with van der Waals surface area (Å²) in [7, 11) is 0. The summed E-state index contributed by atoms with van der Waals surface area (Å²) in [5.74, 6) is 0.837. The molecule has 1 N–H and O–H groups in total. The van der Waals surface area contributed by atoms with E-state index < -0.39 is 5.97 Å². The normalized spacial score (nSPS) is 15.4. The van der Waals surface area contributed by atoms with E-state index >= 15 is 0 Å². The van der Waals surface area contributed by atoms with Crippen LogP contribution in [-0.2, 0) is 16.0 Å². The molecule has 1 aliphatic rings. The number of amides is 1. The molecule has 1 saturated heterocycles. The number of piperidine rings is 1. The maximum absolute atomic E-state index is 12.6. The summed E-state index contributed by atoms with van der Waals surface area (Å²) in [6.07, 6.45) is 1.90. The largest absolute Gasteiger partial charge is 0.480 e.